The summed E-state index contributed by atoms with van der Waals surface area (Å²) in [5, 5.41) is 2.87. The highest BCUT2D eigenvalue weighted by molar-refractivity contribution is 9.10. The predicted molar refractivity (Wildman–Crippen MR) is 81.1 cm³/mol. The van der Waals surface area contributed by atoms with E-state index in [9.17, 15) is 4.79 Å². The average Bonchev–Trinajstić information content (AvgIpc) is 2.27. The van der Waals surface area contributed by atoms with Crippen LogP contribution in [0.25, 0.3) is 0 Å². The molecular weight excluding hydrogens is 312 g/mol. The Balaban J connectivity index is 2.66. The molecule has 0 fully saturated rings. The van der Waals surface area contributed by atoms with Crippen LogP contribution in [0.2, 0.25) is 0 Å². The minimum atomic E-state index is -0.414. The second-order valence-corrected chi connectivity index (χ2v) is 5.76. The molecule has 0 radical (unpaired) electrons. The summed E-state index contributed by atoms with van der Waals surface area (Å²) in [6.07, 6.45) is 0. The van der Waals surface area contributed by atoms with Crippen molar-refractivity contribution in [2.24, 2.45) is 17.6 Å². The molecule has 1 atom stereocenters. The summed E-state index contributed by atoms with van der Waals surface area (Å²) in [5.41, 5.74) is 6.62. The largest absolute Gasteiger partial charge is 0.393 e. The summed E-state index contributed by atoms with van der Waals surface area (Å²) in [7, 11) is 0. The number of carbonyl (C=O) groups is 1. The summed E-state index contributed by atoms with van der Waals surface area (Å²) in [6.45, 7) is 4.33. The molecule has 0 spiro atoms. The zero-order chi connectivity index (χ0) is 13.7. The third-order valence-electron chi connectivity index (χ3n) is 2.67. The number of carbonyl (C=O) groups excluding carboxylic acids is 1. The molecule has 0 saturated carbocycles. The first kappa shape index (κ1) is 15.1. The highest BCUT2D eigenvalue weighted by Crippen LogP contribution is 2.16. The molecule has 0 aliphatic carbocycles. The first-order chi connectivity index (χ1) is 8.43. The van der Waals surface area contributed by atoms with Gasteiger partial charge in [0.05, 0.1) is 10.9 Å². The van der Waals surface area contributed by atoms with Crippen LogP contribution in [0.15, 0.2) is 28.7 Å². The third kappa shape index (κ3) is 4.07. The van der Waals surface area contributed by atoms with E-state index < -0.39 is 5.92 Å². The van der Waals surface area contributed by atoms with Crippen LogP contribution in [0.1, 0.15) is 19.4 Å². The summed E-state index contributed by atoms with van der Waals surface area (Å²) >= 11 is 8.37. The number of amides is 1. The molecule has 0 aromatic heterocycles. The van der Waals surface area contributed by atoms with Gasteiger partial charge in [0.15, 0.2) is 0 Å². The molecule has 0 bridgehead atoms. The number of thiocarbonyl (C=S) groups is 1. The van der Waals surface area contributed by atoms with Crippen LogP contribution >= 0.6 is 28.1 Å². The lowest BCUT2D eigenvalue weighted by Crippen LogP contribution is -2.40. The van der Waals surface area contributed by atoms with Crippen molar-refractivity contribution in [3.63, 3.8) is 0 Å². The highest BCUT2D eigenvalue weighted by Gasteiger charge is 2.24. The van der Waals surface area contributed by atoms with Crippen LogP contribution in [0.3, 0.4) is 0 Å². The SMILES string of the molecule is CC(C)C(C(=O)NCc1ccccc1Br)C(N)=S. The van der Waals surface area contributed by atoms with Gasteiger partial charge in [-0.25, -0.2) is 0 Å². The van der Waals surface area contributed by atoms with Crippen LogP contribution < -0.4 is 11.1 Å². The number of hydrogen-bond donors (Lipinski definition) is 2. The summed E-state index contributed by atoms with van der Waals surface area (Å²) in [6, 6.07) is 7.76. The fourth-order valence-electron chi connectivity index (χ4n) is 1.69. The molecule has 1 aromatic carbocycles. The number of halogens is 1. The molecule has 5 heteroatoms. The van der Waals surface area contributed by atoms with E-state index in [0.29, 0.717) is 6.54 Å². The maximum absolute atomic E-state index is 12.0. The Hall–Kier alpha value is -0.940. The Kier molecular flexibility index (Phi) is 5.75. The first-order valence-corrected chi connectivity index (χ1v) is 6.94. The lowest BCUT2D eigenvalue weighted by Gasteiger charge is -2.19. The minimum Gasteiger partial charge on any atom is -0.393 e. The maximum atomic E-state index is 12.0. The van der Waals surface area contributed by atoms with Crippen molar-refractivity contribution in [1.82, 2.24) is 5.32 Å². The van der Waals surface area contributed by atoms with Gasteiger partial charge in [-0.2, -0.15) is 0 Å². The van der Waals surface area contributed by atoms with Gasteiger partial charge < -0.3 is 11.1 Å². The molecule has 0 heterocycles. The van der Waals surface area contributed by atoms with Crippen molar-refractivity contribution < 1.29 is 4.79 Å². The van der Waals surface area contributed by atoms with Crippen LogP contribution in [0, 0.1) is 11.8 Å². The number of benzene rings is 1. The summed E-state index contributed by atoms with van der Waals surface area (Å²) < 4.78 is 0.974. The van der Waals surface area contributed by atoms with Gasteiger partial charge in [-0.05, 0) is 17.5 Å². The first-order valence-electron chi connectivity index (χ1n) is 5.74. The molecule has 1 aromatic rings. The van der Waals surface area contributed by atoms with Crippen molar-refractivity contribution >= 4 is 39.0 Å². The molecule has 3 nitrogen and oxygen atoms in total. The van der Waals surface area contributed by atoms with Gasteiger partial charge in [0.25, 0.3) is 0 Å². The van der Waals surface area contributed by atoms with E-state index in [1.807, 2.05) is 38.1 Å². The average molecular weight is 329 g/mol. The Labute approximate surface area is 121 Å². The topological polar surface area (TPSA) is 55.1 Å². The molecule has 18 heavy (non-hydrogen) atoms. The van der Waals surface area contributed by atoms with E-state index in [1.165, 1.54) is 0 Å². The van der Waals surface area contributed by atoms with Crippen LogP contribution in [-0.2, 0) is 11.3 Å². The quantitative estimate of drug-likeness (QED) is 0.817. The highest BCUT2D eigenvalue weighted by atomic mass is 79.9. The van der Waals surface area contributed by atoms with Crippen LogP contribution in [0.4, 0.5) is 0 Å². The summed E-state index contributed by atoms with van der Waals surface area (Å²) in [4.78, 5) is 12.3. The molecule has 0 saturated heterocycles. The molecule has 0 aliphatic rings. The minimum absolute atomic E-state index is 0.0988. The Bertz CT molecular complexity index is 448. The van der Waals surface area contributed by atoms with Gasteiger partial charge in [0, 0.05) is 11.0 Å². The fraction of sp³-hybridized carbons (Fsp3) is 0.385. The number of hydrogen-bond acceptors (Lipinski definition) is 2. The van der Waals surface area contributed by atoms with E-state index >= 15 is 0 Å². The number of nitrogens with one attached hydrogen (secondary N) is 1. The lowest BCUT2D eigenvalue weighted by atomic mass is 9.95. The van der Waals surface area contributed by atoms with Crippen molar-refractivity contribution in [3.05, 3.63) is 34.3 Å². The molecular formula is C13H17BrN2OS. The standard InChI is InChI=1S/C13H17BrN2OS/c1-8(2)11(12(15)18)13(17)16-7-9-5-3-4-6-10(9)14/h3-6,8,11H,7H2,1-2H3,(H2,15,18)(H,16,17). The molecule has 1 unspecified atom stereocenters. The third-order valence-corrected chi connectivity index (χ3v) is 3.69. The summed E-state index contributed by atoms with van der Waals surface area (Å²) in [5.74, 6) is -0.433. The second-order valence-electron chi connectivity index (χ2n) is 4.43. The maximum Gasteiger partial charge on any atom is 0.230 e. The predicted octanol–water partition coefficient (Wildman–Crippen LogP) is 2.62. The van der Waals surface area contributed by atoms with Gasteiger partial charge in [0.2, 0.25) is 5.91 Å². The Morgan fingerprint density at radius 3 is 2.56 bits per heavy atom. The van der Waals surface area contributed by atoms with Gasteiger partial charge in [-0.1, -0.05) is 60.2 Å². The normalized spacial score (nSPS) is 12.2. The van der Waals surface area contributed by atoms with Gasteiger partial charge in [0.1, 0.15) is 0 Å². The number of nitrogens with two attached hydrogens (primary N) is 1. The molecule has 1 rings (SSSR count). The van der Waals surface area contributed by atoms with E-state index in [2.05, 4.69) is 21.2 Å². The van der Waals surface area contributed by atoms with Crippen molar-refractivity contribution in [1.29, 1.82) is 0 Å². The fourth-order valence-corrected chi connectivity index (χ4v) is 2.50. The Morgan fingerprint density at radius 1 is 1.44 bits per heavy atom. The molecule has 98 valence electrons. The molecule has 1 amide bonds. The smallest absolute Gasteiger partial charge is 0.230 e. The zero-order valence-corrected chi connectivity index (χ0v) is 12.8. The van der Waals surface area contributed by atoms with Gasteiger partial charge in [-0.15, -0.1) is 0 Å². The van der Waals surface area contributed by atoms with E-state index in [-0.39, 0.29) is 16.8 Å². The van der Waals surface area contributed by atoms with E-state index in [0.717, 1.165) is 10.0 Å². The van der Waals surface area contributed by atoms with E-state index in [1.54, 1.807) is 0 Å². The lowest BCUT2D eigenvalue weighted by molar-refractivity contribution is -0.124. The number of rotatable bonds is 5. The van der Waals surface area contributed by atoms with Gasteiger partial charge in [-0.3, -0.25) is 4.79 Å². The van der Waals surface area contributed by atoms with Crippen molar-refractivity contribution in [2.45, 2.75) is 20.4 Å². The van der Waals surface area contributed by atoms with Crippen molar-refractivity contribution in [3.8, 4) is 0 Å². The van der Waals surface area contributed by atoms with Gasteiger partial charge >= 0.3 is 0 Å². The molecule has 3 N–H and O–H groups in total. The van der Waals surface area contributed by atoms with Crippen LogP contribution in [-0.4, -0.2) is 10.9 Å². The van der Waals surface area contributed by atoms with Crippen LogP contribution in [0.5, 0.6) is 0 Å². The monoisotopic (exact) mass is 328 g/mol. The second kappa shape index (κ2) is 6.85. The Morgan fingerprint density at radius 2 is 2.06 bits per heavy atom. The van der Waals surface area contributed by atoms with Crippen molar-refractivity contribution in [2.75, 3.05) is 0 Å². The molecule has 0 aliphatic heterocycles. The van der Waals surface area contributed by atoms with E-state index in [4.69, 9.17) is 18.0 Å². The zero-order valence-electron chi connectivity index (χ0n) is 10.4.